The zero-order valence-corrected chi connectivity index (χ0v) is 11.8. The van der Waals surface area contributed by atoms with Crippen molar-refractivity contribution in [2.45, 2.75) is 13.3 Å². The van der Waals surface area contributed by atoms with Gasteiger partial charge in [0.25, 0.3) is 5.56 Å². The molecule has 22 heavy (non-hydrogen) atoms. The van der Waals surface area contributed by atoms with Gasteiger partial charge in [-0.15, -0.1) is 0 Å². The second-order valence-electron chi connectivity index (χ2n) is 4.47. The van der Waals surface area contributed by atoms with E-state index in [0.29, 0.717) is 5.69 Å². The van der Waals surface area contributed by atoms with Crippen LogP contribution in [0.5, 0.6) is 0 Å². The van der Waals surface area contributed by atoms with Crippen molar-refractivity contribution in [2.24, 2.45) is 0 Å². The van der Waals surface area contributed by atoms with Crippen LogP contribution in [0.15, 0.2) is 23.0 Å². The summed E-state index contributed by atoms with van der Waals surface area (Å²) in [5.41, 5.74) is -1.29. The van der Waals surface area contributed by atoms with E-state index in [9.17, 15) is 24.1 Å². The summed E-state index contributed by atoms with van der Waals surface area (Å²) in [5, 5.41) is 13.6. The van der Waals surface area contributed by atoms with Crippen LogP contribution in [-0.4, -0.2) is 27.8 Å². The van der Waals surface area contributed by atoms with Gasteiger partial charge in [0.05, 0.1) is 24.0 Å². The molecule has 0 spiro atoms. The summed E-state index contributed by atoms with van der Waals surface area (Å²) in [7, 11) is 1.18. The molecule has 0 saturated carbocycles. The van der Waals surface area contributed by atoms with Crippen LogP contribution in [0.3, 0.4) is 0 Å². The molecule has 0 amide bonds. The van der Waals surface area contributed by atoms with Crippen LogP contribution in [-0.2, 0) is 16.0 Å². The standard InChI is InChI=1S/C13H12FN3O5/c1-7-8(6-11(18)22-2)13(19)16(15-7)10-5-3-4-9(14)12(10)17(20)21/h3-5,15H,6H2,1-2H3. The van der Waals surface area contributed by atoms with Gasteiger partial charge in [-0.2, -0.15) is 4.39 Å². The third-order valence-corrected chi connectivity index (χ3v) is 3.13. The van der Waals surface area contributed by atoms with Crippen LogP contribution >= 0.6 is 0 Å². The first kappa shape index (κ1) is 15.4. The number of hydrogen-bond acceptors (Lipinski definition) is 5. The molecule has 0 radical (unpaired) electrons. The fraction of sp³-hybridized carbons (Fsp3) is 0.231. The number of para-hydroxylation sites is 1. The van der Waals surface area contributed by atoms with Crippen LogP contribution in [0, 0.1) is 22.9 Å². The van der Waals surface area contributed by atoms with Gasteiger partial charge in [-0.05, 0) is 19.1 Å². The predicted molar refractivity (Wildman–Crippen MR) is 73.5 cm³/mol. The van der Waals surface area contributed by atoms with E-state index in [1.807, 2.05) is 0 Å². The molecule has 2 aromatic rings. The number of methoxy groups -OCH3 is 1. The van der Waals surface area contributed by atoms with Crippen LogP contribution in [0.4, 0.5) is 10.1 Å². The van der Waals surface area contributed by atoms with Gasteiger partial charge in [0.15, 0.2) is 0 Å². The Balaban J connectivity index is 2.63. The van der Waals surface area contributed by atoms with E-state index in [1.165, 1.54) is 26.2 Å². The minimum Gasteiger partial charge on any atom is -0.469 e. The molecule has 116 valence electrons. The summed E-state index contributed by atoms with van der Waals surface area (Å²) in [6.07, 6.45) is -0.284. The van der Waals surface area contributed by atoms with Gasteiger partial charge in [0, 0.05) is 5.69 Å². The molecule has 2 rings (SSSR count). The lowest BCUT2D eigenvalue weighted by atomic mass is 10.2. The summed E-state index contributed by atoms with van der Waals surface area (Å²) in [6.45, 7) is 1.53. The lowest BCUT2D eigenvalue weighted by molar-refractivity contribution is -0.387. The van der Waals surface area contributed by atoms with Crippen LogP contribution < -0.4 is 5.56 Å². The lowest BCUT2D eigenvalue weighted by Gasteiger charge is -2.03. The molecule has 1 heterocycles. The maximum Gasteiger partial charge on any atom is 0.330 e. The highest BCUT2D eigenvalue weighted by Crippen LogP contribution is 2.25. The van der Waals surface area contributed by atoms with E-state index >= 15 is 0 Å². The van der Waals surface area contributed by atoms with Gasteiger partial charge in [0.1, 0.15) is 5.69 Å². The summed E-state index contributed by atoms with van der Waals surface area (Å²) in [6, 6.07) is 3.42. The van der Waals surface area contributed by atoms with Crippen molar-refractivity contribution in [3.63, 3.8) is 0 Å². The fourth-order valence-electron chi connectivity index (χ4n) is 2.04. The fourth-order valence-corrected chi connectivity index (χ4v) is 2.04. The second-order valence-corrected chi connectivity index (χ2v) is 4.47. The highest BCUT2D eigenvalue weighted by atomic mass is 19.1. The third-order valence-electron chi connectivity index (χ3n) is 3.13. The molecule has 1 N–H and O–H groups in total. The predicted octanol–water partition coefficient (Wildman–Crippen LogP) is 1.24. The summed E-state index contributed by atoms with van der Waals surface area (Å²) in [5.74, 6) is -1.68. The van der Waals surface area contributed by atoms with Gasteiger partial charge < -0.3 is 4.74 Å². The number of aryl methyl sites for hydroxylation is 1. The van der Waals surface area contributed by atoms with Gasteiger partial charge in [0.2, 0.25) is 5.82 Å². The number of aromatic amines is 1. The highest BCUT2D eigenvalue weighted by Gasteiger charge is 2.25. The van der Waals surface area contributed by atoms with Crippen LogP contribution in [0.25, 0.3) is 5.69 Å². The number of esters is 1. The van der Waals surface area contributed by atoms with Gasteiger partial charge in [-0.25, -0.2) is 4.68 Å². The number of nitro benzene ring substituents is 1. The van der Waals surface area contributed by atoms with Crippen molar-refractivity contribution in [3.8, 4) is 5.69 Å². The second kappa shape index (κ2) is 5.80. The lowest BCUT2D eigenvalue weighted by Crippen LogP contribution is -2.21. The van der Waals surface area contributed by atoms with Gasteiger partial charge >= 0.3 is 11.7 Å². The Hall–Kier alpha value is -2.97. The molecule has 0 saturated heterocycles. The average molecular weight is 309 g/mol. The van der Waals surface area contributed by atoms with E-state index in [0.717, 1.165) is 10.7 Å². The number of nitrogens with one attached hydrogen (secondary N) is 1. The normalized spacial score (nSPS) is 10.5. The Morgan fingerprint density at radius 3 is 2.77 bits per heavy atom. The van der Waals surface area contributed by atoms with E-state index in [2.05, 4.69) is 9.84 Å². The first-order valence-electron chi connectivity index (χ1n) is 6.17. The molecule has 9 heteroatoms. The molecule has 0 unspecified atom stereocenters. The van der Waals surface area contributed by atoms with Gasteiger partial charge in [-0.1, -0.05) is 6.07 Å². The summed E-state index contributed by atoms with van der Waals surface area (Å²) < 4.78 is 19.0. The third kappa shape index (κ3) is 2.60. The molecule has 0 fully saturated rings. The average Bonchev–Trinajstić information content (AvgIpc) is 2.74. The van der Waals surface area contributed by atoms with Crippen molar-refractivity contribution < 1.29 is 18.8 Å². The SMILES string of the molecule is COC(=O)Cc1c(C)[nH]n(-c2cccc(F)c2[N+](=O)[O-])c1=O. The highest BCUT2D eigenvalue weighted by molar-refractivity contribution is 5.72. The molecule has 0 atom stereocenters. The van der Waals surface area contributed by atoms with Crippen LogP contribution in [0.1, 0.15) is 11.3 Å². The minimum absolute atomic E-state index is 0.102. The van der Waals surface area contributed by atoms with Crippen molar-refractivity contribution in [2.75, 3.05) is 7.11 Å². The number of nitrogens with zero attached hydrogens (tertiary/aromatic N) is 2. The largest absolute Gasteiger partial charge is 0.469 e. The zero-order valence-electron chi connectivity index (χ0n) is 11.8. The Labute approximate surface area is 123 Å². The number of rotatable bonds is 4. The Bertz CT molecular complexity index is 808. The number of hydrogen-bond donors (Lipinski definition) is 1. The molecule has 1 aromatic heterocycles. The molecule has 1 aromatic carbocycles. The molecule has 0 aliphatic rings. The summed E-state index contributed by atoms with van der Waals surface area (Å²) >= 11 is 0. The molecular weight excluding hydrogens is 297 g/mol. The van der Waals surface area contributed by atoms with E-state index in [4.69, 9.17) is 0 Å². The number of benzene rings is 1. The molecule has 8 nitrogen and oxygen atoms in total. The van der Waals surface area contributed by atoms with E-state index in [-0.39, 0.29) is 17.7 Å². The van der Waals surface area contributed by atoms with E-state index in [1.54, 1.807) is 0 Å². The Morgan fingerprint density at radius 2 is 2.18 bits per heavy atom. The first-order chi connectivity index (χ1) is 10.4. The molecule has 0 aliphatic carbocycles. The zero-order chi connectivity index (χ0) is 16.4. The number of nitro groups is 1. The maximum atomic E-state index is 13.6. The quantitative estimate of drug-likeness (QED) is 0.519. The Kier molecular flexibility index (Phi) is 4.06. The number of H-pyrrole nitrogens is 1. The number of ether oxygens (including phenoxy) is 1. The van der Waals surface area contributed by atoms with Crippen molar-refractivity contribution in [3.05, 3.63) is 55.7 Å². The van der Waals surface area contributed by atoms with Crippen molar-refractivity contribution in [1.82, 2.24) is 9.78 Å². The first-order valence-corrected chi connectivity index (χ1v) is 6.17. The van der Waals surface area contributed by atoms with Crippen molar-refractivity contribution in [1.29, 1.82) is 0 Å². The topological polar surface area (TPSA) is 107 Å². The number of aromatic nitrogens is 2. The summed E-state index contributed by atoms with van der Waals surface area (Å²) in [4.78, 5) is 33.7. The monoisotopic (exact) mass is 309 g/mol. The van der Waals surface area contributed by atoms with Crippen LogP contribution in [0.2, 0.25) is 0 Å². The molecule has 0 aliphatic heterocycles. The smallest absolute Gasteiger partial charge is 0.330 e. The van der Waals surface area contributed by atoms with E-state index < -0.39 is 28.0 Å². The maximum absolute atomic E-state index is 13.6. The Morgan fingerprint density at radius 1 is 1.50 bits per heavy atom. The minimum atomic E-state index is -1.06. The van der Waals surface area contributed by atoms with Crippen molar-refractivity contribution >= 4 is 11.7 Å². The number of carbonyl (C=O) groups is 1. The number of carbonyl (C=O) groups excluding carboxylic acids is 1. The molecular formula is C13H12FN3O5. The molecule has 0 bridgehead atoms. The van der Waals surface area contributed by atoms with Gasteiger partial charge in [-0.3, -0.25) is 24.8 Å². The number of halogens is 1.